The van der Waals surface area contributed by atoms with Gasteiger partial charge in [-0.15, -0.1) is 0 Å². The van der Waals surface area contributed by atoms with Gasteiger partial charge in [0.1, 0.15) is 5.76 Å². The van der Waals surface area contributed by atoms with Gasteiger partial charge in [0.2, 0.25) is 0 Å². The molecule has 3 nitrogen and oxygen atoms in total. The number of carboxylic acid groups (broad SMARTS) is 1. The molecule has 0 spiro atoms. The Morgan fingerprint density at radius 2 is 2.10 bits per heavy atom. The van der Waals surface area contributed by atoms with Crippen LogP contribution in [0.1, 0.15) is 17.9 Å². The number of carbonyl (C=O) groups is 1. The van der Waals surface area contributed by atoms with E-state index in [4.69, 9.17) is 4.74 Å². The molecule has 0 saturated heterocycles. The standard InChI is InChI=1S/C16H13BrO3/c17-16(10-15(18)19)13(11-5-2-1-3-6-11)9-12-7-4-8-14(12)20-16/h1-9,13H,10H2,(H,18,19). The Morgan fingerprint density at radius 1 is 1.35 bits per heavy atom. The maximum absolute atomic E-state index is 11.2. The van der Waals surface area contributed by atoms with Crippen LogP contribution in [0.5, 0.6) is 0 Å². The smallest absolute Gasteiger partial charge is 0.308 e. The minimum absolute atomic E-state index is 0.117. The van der Waals surface area contributed by atoms with Crippen LogP contribution in [0.25, 0.3) is 0 Å². The van der Waals surface area contributed by atoms with E-state index in [2.05, 4.69) is 22.0 Å². The van der Waals surface area contributed by atoms with Crippen molar-refractivity contribution >= 4 is 21.9 Å². The van der Waals surface area contributed by atoms with Gasteiger partial charge >= 0.3 is 5.97 Å². The predicted octanol–water partition coefficient (Wildman–Crippen LogP) is 3.75. The number of benzene rings is 1. The largest absolute Gasteiger partial charge is 0.481 e. The zero-order valence-corrected chi connectivity index (χ0v) is 12.2. The summed E-state index contributed by atoms with van der Waals surface area (Å²) in [6, 6.07) is 9.79. The van der Waals surface area contributed by atoms with Crippen LogP contribution in [0.3, 0.4) is 0 Å². The van der Waals surface area contributed by atoms with Gasteiger partial charge in [0, 0.05) is 5.57 Å². The number of ether oxygens (including phenoxy) is 1. The number of allylic oxidation sites excluding steroid dienone is 3. The van der Waals surface area contributed by atoms with E-state index < -0.39 is 10.5 Å². The van der Waals surface area contributed by atoms with Gasteiger partial charge in [0.25, 0.3) is 0 Å². The first-order chi connectivity index (χ1) is 9.58. The molecule has 0 amide bonds. The van der Waals surface area contributed by atoms with Crippen LogP contribution < -0.4 is 0 Å². The van der Waals surface area contributed by atoms with Gasteiger partial charge in [-0.25, -0.2) is 0 Å². The molecule has 0 saturated carbocycles. The normalized spacial score (nSPS) is 27.4. The SMILES string of the molecule is O=C(O)CC1(Br)OC2=CC=CC2=CC1c1ccccc1. The number of hydrogen-bond acceptors (Lipinski definition) is 2. The summed E-state index contributed by atoms with van der Waals surface area (Å²) in [5.74, 6) is -0.337. The molecule has 1 heterocycles. The lowest BCUT2D eigenvalue weighted by Gasteiger charge is -2.38. The highest BCUT2D eigenvalue weighted by Crippen LogP contribution is 2.48. The second kappa shape index (κ2) is 4.94. The molecule has 20 heavy (non-hydrogen) atoms. The first-order valence-electron chi connectivity index (χ1n) is 6.34. The van der Waals surface area contributed by atoms with E-state index in [0.29, 0.717) is 0 Å². The zero-order valence-electron chi connectivity index (χ0n) is 10.6. The summed E-state index contributed by atoms with van der Waals surface area (Å²) in [7, 11) is 0. The van der Waals surface area contributed by atoms with E-state index in [9.17, 15) is 9.90 Å². The lowest BCUT2D eigenvalue weighted by atomic mass is 9.87. The summed E-state index contributed by atoms with van der Waals surface area (Å²) < 4.78 is 4.99. The van der Waals surface area contributed by atoms with Crippen LogP contribution in [0.2, 0.25) is 0 Å². The molecule has 2 aliphatic rings. The Morgan fingerprint density at radius 3 is 2.80 bits per heavy atom. The minimum atomic E-state index is -0.957. The number of fused-ring (bicyclic) bond motifs is 1. The highest BCUT2D eigenvalue weighted by Gasteiger charge is 2.44. The maximum Gasteiger partial charge on any atom is 0.308 e. The lowest BCUT2D eigenvalue weighted by Crippen LogP contribution is -2.37. The predicted molar refractivity (Wildman–Crippen MR) is 79.5 cm³/mol. The van der Waals surface area contributed by atoms with Crippen molar-refractivity contribution in [3.63, 3.8) is 0 Å². The Balaban J connectivity index is 2.06. The van der Waals surface area contributed by atoms with Crippen LogP contribution in [0.15, 0.2) is 66.0 Å². The third-order valence-corrected chi connectivity index (χ3v) is 4.38. The molecule has 0 fully saturated rings. The molecule has 2 unspecified atom stereocenters. The third-order valence-electron chi connectivity index (χ3n) is 3.45. The van der Waals surface area contributed by atoms with Gasteiger partial charge < -0.3 is 9.84 Å². The van der Waals surface area contributed by atoms with Gasteiger partial charge in [0.05, 0.1) is 12.3 Å². The molecule has 2 atom stereocenters. The number of hydrogen-bond donors (Lipinski definition) is 1. The highest BCUT2D eigenvalue weighted by molar-refractivity contribution is 9.10. The molecule has 4 heteroatoms. The third kappa shape index (κ3) is 2.31. The van der Waals surface area contributed by atoms with Crippen molar-refractivity contribution in [1.29, 1.82) is 0 Å². The number of alkyl halides is 1. The van der Waals surface area contributed by atoms with E-state index in [1.54, 1.807) is 0 Å². The van der Waals surface area contributed by atoms with Gasteiger partial charge in [-0.2, -0.15) is 0 Å². The Hall–Kier alpha value is -1.81. The summed E-state index contributed by atoms with van der Waals surface area (Å²) in [5.41, 5.74) is 2.02. The van der Waals surface area contributed by atoms with Crippen molar-refractivity contribution < 1.29 is 14.6 Å². The molecule has 1 aromatic rings. The molecule has 102 valence electrons. The summed E-state index contributed by atoms with van der Waals surface area (Å²) in [6.45, 7) is 0. The first-order valence-corrected chi connectivity index (χ1v) is 7.13. The topological polar surface area (TPSA) is 46.5 Å². The van der Waals surface area contributed by atoms with Gasteiger partial charge in [-0.05, 0) is 27.6 Å². The lowest BCUT2D eigenvalue weighted by molar-refractivity contribution is -0.140. The zero-order chi connectivity index (χ0) is 14.2. The molecule has 0 bridgehead atoms. The van der Waals surface area contributed by atoms with Crippen molar-refractivity contribution in [2.24, 2.45) is 0 Å². The molecule has 1 N–H and O–H groups in total. The molecule has 1 aliphatic carbocycles. The number of carboxylic acids is 1. The Labute approximate surface area is 125 Å². The molecule has 1 aromatic carbocycles. The van der Waals surface area contributed by atoms with Crippen molar-refractivity contribution in [1.82, 2.24) is 0 Å². The fourth-order valence-electron chi connectivity index (χ4n) is 2.56. The van der Waals surface area contributed by atoms with E-state index >= 15 is 0 Å². The van der Waals surface area contributed by atoms with Gasteiger partial charge in [-0.1, -0.05) is 48.6 Å². The summed E-state index contributed by atoms with van der Waals surface area (Å²) in [5, 5.41) is 9.17. The molecule has 0 radical (unpaired) electrons. The fraction of sp³-hybridized carbons (Fsp3) is 0.188. The Bertz CT molecular complexity index is 630. The second-order valence-corrected chi connectivity index (χ2v) is 6.20. The fourth-order valence-corrected chi connectivity index (χ4v) is 3.37. The van der Waals surface area contributed by atoms with Gasteiger partial charge in [-0.3, -0.25) is 4.79 Å². The monoisotopic (exact) mass is 332 g/mol. The van der Waals surface area contributed by atoms with Crippen LogP contribution >= 0.6 is 15.9 Å². The number of rotatable bonds is 3. The molecule has 0 aromatic heterocycles. The van der Waals surface area contributed by atoms with Crippen molar-refractivity contribution in [2.45, 2.75) is 16.8 Å². The van der Waals surface area contributed by atoms with Crippen LogP contribution in [0.4, 0.5) is 0 Å². The van der Waals surface area contributed by atoms with Crippen LogP contribution in [-0.2, 0) is 9.53 Å². The van der Waals surface area contributed by atoms with Crippen molar-refractivity contribution in [3.8, 4) is 0 Å². The minimum Gasteiger partial charge on any atom is -0.481 e. The van der Waals surface area contributed by atoms with Crippen LogP contribution in [-0.4, -0.2) is 15.6 Å². The average Bonchev–Trinajstić information content (AvgIpc) is 2.84. The van der Waals surface area contributed by atoms with E-state index in [0.717, 1.165) is 16.9 Å². The van der Waals surface area contributed by atoms with E-state index in [-0.39, 0.29) is 12.3 Å². The molecular formula is C16H13BrO3. The van der Waals surface area contributed by atoms with Crippen molar-refractivity contribution in [2.75, 3.05) is 0 Å². The molecule has 3 rings (SSSR count). The van der Waals surface area contributed by atoms with E-state index in [1.165, 1.54) is 0 Å². The first kappa shape index (κ1) is 13.2. The quantitative estimate of drug-likeness (QED) is 0.857. The summed E-state index contributed by atoms with van der Waals surface area (Å²) in [4.78, 5) is 11.2. The second-order valence-electron chi connectivity index (χ2n) is 4.86. The van der Waals surface area contributed by atoms with E-state index in [1.807, 2.05) is 48.6 Å². The van der Waals surface area contributed by atoms with Crippen molar-refractivity contribution in [3.05, 3.63) is 71.5 Å². The summed E-state index contributed by atoms with van der Waals surface area (Å²) in [6.07, 6.45) is 7.67. The average molecular weight is 333 g/mol. The van der Waals surface area contributed by atoms with Gasteiger partial charge in [0.15, 0.2) is 4.51 Å². The molecule has 1 aliphatic heterocycles. The summed E-state index contributed by atoms with van der Waals surface area (Å²) >= 11 is 3.52. The number of halogens is 1. The number of aliphatic carboxylic acids is 1. The highest BCUT2D eigenvalue weighted by atomic mass is 79.9. The van der Waals surface area contributed by atoms with Crippen LogP contribution in [0, 0.1) is 0 Å². The Kier molecular flexibility index (Phi) is 3.26. The maximum atomic E-state index is 11.2. The molecular weight excluding hydrogens is 320 g/mol.